The normalized spacial score (nSPS) is 18.2. The Balaban J connectivity index is 1.41. The van der Waals surface area contributed by atoms with E-state index in [0.717, 1.165) is 42.8 Å². The van der Waals surface area contributed by atoms with Crippen LogP contribution in [0.1, 0.15) is 40.7 Å². The number of amides is 1. The summed E-state index contributed by atoms with van der Waals surface area (Å²) in [6.45, 7) is 3.92. The van der Waals surface area contributed by atoms with Crippen molar-refractivity contribution in [2.24, 2.45) is 0 Å². The van der Waals surface area contributed by atoms with E-state index in [4.69, 9.17) is 4.74 Å². The van der Waals surface area contributed by atoms with Crippen molar-refractivity contribution in [3.05, 3.63) is 64.3 Å². The highest BCUT2D eigenvalue weighted by molar-refractivity contribution is 7.19. The number of hydrogen-bond acceptors (Lipinski definition) is 6. The van der Waals surface area contributed by atoms with Gasteiger partial charge in [-0.05, 0) is 42.7 Å². The molecule has 7 heteroatoms. The van der Waals surface area contributed by atoms with E-state index in [0.29, 0.717) is 28.0 Å². The Morgan fingerprint density at radius 2 is 2.06 bits per heavy atom. The van der Waals surface area contributed by atoms with Gasteiger partial charge in [0.1, 0.15) is 5.01 Å². The molecule has 5 rings (SSSR count). The molecule has 0 saturated carbocycles. The van der Waals surface area contributed by atoms with Crippen LogP contribution in [-0.2, 0) is 16.1 Å². The van der Waals surface area contributed by atoms with Gasteiger partial charge in [-0.1, -0.05) is 18.2 Å². The highest BCUT2D eigenvalue weighted by Gasteiger charge is 2.34. The van der Waals surface area contributed by atoms with Crippen LogP contribution in [0.3, 0.4) is 0 Å². The third-order valence-corrected chi connectivity index (χ3v) is 6.69. The van der Waals surface area contributed by atoms with Crippen molar-refractivity contribution in [2.45, 2.75) is 32.4 Å². The molecule has 3 heterocycles. The molecule has 2 aliphatic rings. The minimum Gasteiger partial charge on any atom is -0.381 e. The molecule has 3 aromatic rings. The molecule has 31 heavy (non-hydrogen) atoms. The molecule has 1 fully saturated rings. The summed E-state index contributed by atoms with van der Waals surface area (Å²) in [5.41, 5.74) is 3.63. The second-order valence-electron chi connectivity index (χ2n) is 7.85. The molecule has 158 valence electrons. The summed E-state index contributed by atoms with van der Waals surface area (Å²) < 4.78 is 6.48. The second kappa shape index (κ2) is 8.34. The van der Waals surface area contributed by atoms with Gasteiger partial charge in [0, 0.05) is 44.4 Å². The highest BCUT2D eigenvalue weighted by Crippen LogP contribution is 2.36. The Morgan fingerprint density at radius 3 is 2.87 bits per heavy atom. The fourth-order valence-electron chi connectivity index (χ4n) is 4.14. The van der Waals surface area contributed by atoms with Gasteiger partial charge in [0.15, 0.2) is 0 Å². The number of nitrogens with one attached hydrogen (secondary N) is 1. The van der Waals surface area contributed by atoms with Crippen molar-refractivity contribution in [1.82, 2.24) is 10.3 Å². The van der Waals surface area contributed by atoms with Crippen molar-refractivity contribution in [1.29, 1.82) is 0 Å². The van der Waals surface area contributed by atoms with Gasteiger partial charge in [-0.25, -0.2) is 4.98 Å². The number of Topliss-reactive ketones (excluding diaryl/α,β-unsaturated/α-hetero) is 1. The number of carbonyl (C=O) groups excluding carboxylic acids is 2. The summed E-state index contributed by atoms with van der Waals surface area (Å²) in [5.74, 6) is -0.335. The average molecular weight is 434 g/mol. The Bertz CT molecular complexity index is 1190. The molecule has 1 N–H and O–H groups in total. The lowest BCUT2D eigenvalue weighted by Crippen LogP contribution is -2.34. The van der Waals surface area contributed by atoms with E-state index in [1.807, 2.05) is 18.2 Å². The monoisotopic (exact) mass is 433 g/mol. The van der Waals surface area contributed by atoms with E-state index in [-0.39, 0.29) is 11.7 Å². The number of fused-ring (bicyclic) bond motifs is 2. The molecule has 0 aliphatic carbocycles. The SMILES string of the molecule is CC(=O)N1/C(=C/c2nc3ccc(CNC4CCOCC4)cc3s2)C(=O)c2ccccc21. The summed E-state index contributed by atoms with van der Waals surface area (Å²) in [4.78, 5) is 31.3. The minimum atomic E-state index is -0.188. The molecule has 6 nitrogen and oxygen atoms in total. The number of anilines is 1. The minimum absolute atomic E-state index is 0.147. The zero-order chi connectivity index (χ0) is 21.4. The van der Waals surface area contributed by atoms with Crippen LogP contribution in [0.4, 0.5) is 5.69 Å². The average Bonchev–Trinajstić information content (AvgIpc) is 3.31. The predicted octanol–water partition coefficient (Wildman–Crippen LogP) is 4.16. The van der Waals surface area contributed by atoms with Gasteiger partial charge >= 0.3 is 0 Å². The number of rotatable bonds is 4. The van der Waals surface area contributed by atoms with Gasteiger partial charge in [0.2, 0.25) is 11.7 Å². The fraction of sp³-hybridized carbons (Fsp3) is 0.292. The molecule has 2 aliphatic heterocycles. The number of nitrogens with zero attached hydrogens (tertiary/aromatic N) is 2. The molecule has 0 spiro atoms. The topological polar surface area (TPSA) is 71.5 Å². The number of aromatic nitrogens is 1. The van der Waals surface area contributed by atoms with Gasteiger partial charge in [-0.2, -0.15) is 0 Å². The number of ether oxygens (including phenoxy) is 1. The van der Waals surface area contributed by atoms with Gasteiger partial charge in [0.05, 0.1) is 21.6 Å². The third-order valence-electron chi connectivity index (χ3n) is 5.72. The van der Waals surface area contributed by atoms with E-state index in [1.165, 1.54) is 28.7 Å². The predicted molar refractivity (Wildman–Crippen MR) is 122 cm³/mol. The van der Waals surface area contributed by atoms with Crippen molar-refractivity contribution < 1.29 is 14.3 Å². The van der Waals surface area contributed by atoms with Crippen LogP contribution in [0.2, 0.25) is 0 Å². The van der Waals surface area contributed by atoms with Crippen LogP contribution >= 0.6 is 11.3 Å². The Hall–Kier alpha value is -2.87. The van der Waals surface area contributed by atoms with Crippen LogP contribution in [0.25, 0.3) is 16.3 Å². The first-order chi connectivity index (χ1) is 15.1. The first-order valence-electron chi connectivity index (χ1n) is 10.5. The zero-order valence-electron chi connectivity index (χ0n) is 17.3. The fourth-order valence-corrected chi connectivity index (χ4v) is 5.11. The molecular weight excluding hydrogens is 410 g/mol. The van der Waals surface area contributed by atoms with Crippen LogP contribution in [0.5, 0.6) is 0 Å². The van der Waals surface area contributed by atoms with Crippen molar-refractivity contribution in [3.63, 3.8) is 0 Å². The second-order valence-corrected chi connectivity index (χ2v) is 8.91. The third kappa shape index (κ3) is 3.92. The zero-order valence-corrected chi connectivity index (χ0v) is 18.1. The first kappa shape index (κ1) is 20.1. The maximum atomic E-state index is 12.9. The summed E-state index contributed by atoms with van der Waals surface area (Å²) >= 11 is 1.53. The molecule has 2 aromatic carbocycles. The maximum Gasteiger partial charge on any atom is 0.228 e. The van der Waals surface area contributed by atoms with Crippen LogP contribution in [-0.4, -0.2) is 35.9 Å². The molecule has 0 bridgehead atoms. The van der Waals surface area contributed by atoms with Crippen molar-refractivity contribution in [3.8, 4) is 0 Å². The number of para-hydroxylation sites is 1. The number of thiazole rings is 1. The Labute approximate surface area is 184 Å². The van der Waals surface area contributed by atoms with E-state index < -0.39 is 0 Å². The summed E-state index contributed by atoms with van der Waals surface area (Å²) in [6, 6.07) is 13.9. The number of allylic oxidation sites excluding steroid dienone is 1. The summed E-state index contributed by atoms with van der Waals surface area (Å²) in [5, 5.41) is 4.32. The van der Waals surface area contributed by atoms with Gasteiger partial charge in [0.25, 0.3) is 0 Å². The van der Waals surface area contributed by atoms with E-state index in [2.05, 4.69) is 22.4 Å². The Morgan fingerprint density at radius 1 is 1.26 bits per heavy atom. The Kier molecular flexibility index (Phi) is 5.40. The molecule has 1 aromatic heterocycles. The summed E-state index contributed by atoms with van der Waals surface area (Å²) in [7, 11) is 0. The largest absolute Gasteiger partial charge is 0.381 e. The molecule has 1 amide bonds. The van der Waals surface area contributed by atoms with Crippen LogP contribution in [0, 0.1) is 0 Å². The lowest BCUT2D eigenvalue weighted by atomic mass is 10.1. The molecule has 0 radical (unpaired) electrons. The lowest BCUT2D eigenvalue weighted by molar-refractivity contribution is -0.116. The number of ketones is 1. The molecule has 1 saturated heterocycles. The highest BCUT2D eigenvalue weighted by atomic mass is 32.1. The van der Waals surface area contributed by atoms with E-state index in [9.17, 15) is 9.59 Å². The maximum absolute atomic E-state index is 12.9. The van der Waals surface area contributed by atoms with Crippen LogP contribution < -0.4 is 10.2 Å². The summed E-state index contributed by atoms with van der Waals surface area (Å²) in [6.07, 6.45) is 3.82. The standard InChI is InChI=1S/C24H23N3O3S/c1-15(28)27-20-5-3-2-4-18(20)24(29)21(27)13-23-26-19-7-6-16(12-22(19)31-23)14-25-17-8-10-30-11-9-17/h2-7,12-13,17,25H,8-11,14H2,1H3/b21-13+. The van der Waals surface area contributed by atoms with Crippen molar-refractivity contribution in [2.75, 3.05) is 18.1 Å². The quantitative estimate of drug-likeness (QED) is 0.626. The van der Waals surface area contributed by atoms with Gasteiger partial charge in [-0.15, -0.1) is 11.3 Å². The van der Waals surface area contributed by atoms with Crippen molar-refractivity contribution >= 4 is 45.0 Å². The first-order valence-corrected chi connectivity index (χ1v) is 11.3. The van der Waals surface area contributed by atoms with E-state index in [1.54, 1.807) is 18.2 Å². The lowest BCUT2D eigenvalue weighted by Gasteiger charge is -2.23. The molecular formula is C24H23N3O3S. The number of benzene rings is 2. The van der Waals surface area contributed by atoms with E-state index >= 15 is 0 Å². The van der Waals surface area contributed by atoms with Crippen LogP contribution in [0.15, 0.2) is 48.2 Å². The smallest absolute Gasteiger partial charge is 0.228 e. The number of carbonyl (C=O) groups is 2. The molecule has 0 unspecified atom stereocenters. The van der Waals surface area contributed by atoms with Gasteiger partial charge in [-0.3, -0.25) is 14.5 Å². The van der Waals surface area contributed by atoms with Gasteiger partial charge < -0.3 is 10.1 Å². The molecule has 0 atom stereocenters. The number of hydrogen-bond donors (Lipinski definition) is 1.